The molecule has 0 spiro atoms. The molecule has 3 aliphatic heterocycles. The number of nitrogens with two attached hydrogens (primary N) is 2. The molecule has 12 nitrogen and oxygen atoms in total. The summed E-state index contributed by atoms with van der Waals surface area (Å²) in [6.45, 7) is 12.6. The zero-order valence-corrected chi connectivity index (χ0v) is 41.2. The number of thioether (sulfide) groups is 4. The van der Waals surface area contributed by atoms with Gasteiger partial charge in [-0.25, -0.2) is 17.6 Å². The van der Waals surface area contributed by atoms with E-state index >= 15 is 0 Å². The zero-order valence-electron chi connectivity index (χ0n) is 37.9. The predicted octanol–water partition coefficient (Wildman–Crippen LogP) is 8.09. The number of nitrogens with zero attached hydrogens (tertiary/aromatic N) is 4. The van der Waals surface area contributed by atoms with Gasteiger partial charge < -0.3 is 50.0 Å². The average molecular weight is 979 g/mol. The number of carbonyl (C=O) groups is 2. The van der Waals surface area contributed by atoms with Crippen LogP contribution in [0.2, 0.25) is 0 Å². The SMILES string of the molecule is CCSC(SCC)[C@@H]1CC(F)(F)CN1C(=O)c1cc(OC)c(OCCCN2CCN(CCCOc3cc(N)c(C(=O)N4CC(F)(F)C[C@H]4C(SCC)SCC)cc3OC)CC2)cc1N. The van der Waals surface area contributed by atoms with Crippen molar-refractivity contribution in [1.82, 2.24) is 19.6 Å². The zero-order chi connectivity index (χ0) is 46.6. The molecule has 0 saturated carbocycles. The van der Waals surface area contributed by atoms with Crippen LogP contribution in [0.1, 0.15) is 74.1 Å². The molecule has 5 rings (SSSR count). The molecular weight excluding hydrogens is 913 g/mol. The number of amides is 2. The van der Waals surface area contributed by atoms with Crippen LogP contribution in [0, 0.1) is 0 Å². The molecule has 0 aromatic heterocycles. The van der Waals surface area contributed by atoms with Crippen molar-refractivity contribution in [3.8, 4) is 23.0 Å². The number of methoxy groups -OCH3 is 2. The Kier molecular flexibility index (Phi) is 19.8. The van der Waals surface area contributed by atoms with Crippen LogP contribution in [-0.2, 0) is 0 Å². The molecule has 3 fully saturated rings. The van der Waals surface area contributed by atoms with E-state index in [4.69, 9.17) is 30.4 Å². The lowest BCUT2D eigenvalue weighted by Crippen LogP contribution is -2.47. The van der Waals surface area contributed by atoms with Crippen LogP contribution in [0.25, 0.3) is 0 Å². The van der Waals surface area contributed by atoms with Gasteiger partial charge >= 0.3 is 0 Å². The van der Waals surface area contributed by atoms with Crippen LogP contribution in [0.15, 0.2) is 24.3 Å². The number of hydrogen-bond acceptors (Lipinski definition) is 14. The highest BCUT2D eigenvalue weighted by atomic mass is 32.2. The smallest absolute Gasteiger partial charge is 0.267 e. The van der Waals surface area contributed by atoms with Crippen LogP contribution in [0.5, 0.6) is 23.0 Å². The number of benzene rings is 2. The molecule has 0 radical (unpaired) electrons. The fourth-order valence-corrected chi connectivity index (χ4v) is 14.0. The van der Waals surface area contributed by atoms with Gasteiger partial charge in [0.15, 0.2) is 23.0 Å². The maximum atomic E-state index is 14.7. The summed E-state index contributed by atoms with van der Waals surface area (Å²) >= 11 is 6.32. The van der Waals surface area contributed by atoms with Gasteiger partial charge in [-0.05, 0) is 48.0 Å². The van der Waals surface area contributed by atoms with Crippen molar-refractivity contribution in [3.05, 3.63) is 35.4 Å². The molecule has 64 heavy (non-hydrogen) atoms. The second kappa shape index (κ2) is 24.3. The molecule has 2 amide bonds. The van der Waals surface area contributed by atoms with Crippen LogP contribution in [0.3, 0.4) is 0 Å². The number of nitrogen functional groups attached to an aromatic ring is 2. The van der Waals surface area contributed by atoms with Gasteiger partial charge in [0.2, 0.25) is 0 Å². The predicted molar refractivity (Wildman–Crippen MR) is 257 cm³/mol. The Balaban J connectivity index is 1.06. The van der Waals surface area contributed by atoms with E-state index in [1.165, 1.54) is 36.2 Å². The number of carbonyl (C=O) groups excluding carboxylic acids is 2. The summed E-state index contributed by atoms with van der Waals surface area (Å²) in [6, 6.07) is 4.84. The van der Waals surface area contributed by atoms with Crippen LogP contribution < -0.4 is 30.4 Å². The number of likely N-dealkylation sites (tertiary alicyclic amines) is 2. The molecule has 3 heterocycles. The lowest BCUT2D eigenvalue weighted by atomic mass is 10.1. The molecule has 3 saturated heterocycles. The Labute approximate surface area is 393 Å². The minimum atomic E-state index is -2.98. The summed E-state index contributed by atoms with van der Waals surface area (Å²) in [5.41, 5.74) is 13.3. The molecule has 3 aliphatic rings. The van der Waals surface area contributed by atoms with Crippen molar-refractivity contribution in [2.75, 3.05) is 114 Å². The fourth-order valence-electron chi connectivity index (χ4n) is 8.38. The molecule has 2 aromatic rings. The first-order chi connectivity index (χ1) is 30.6. The number of halogens is 4. The standard InChI is InChI=1S/C44H66F4N6O6S4/c1-7-61-41(62-8-2)33-25-43(45,46)27-53(33)39(55)29-21-35(57-5)37(23-31(29)49)59-19-11-13-51-15-17-52(18-16-51)14-12-20-60-38-24-32(50)30(22-36(38)58-6)40(56)54-28-44(47,48)26-34(54)42(63-9-3)64-10-4/h21-24,33-34,41-42H,7-20,25-28,49-50H2,1-6H3/t33-,34-/m0/s1. The van der Waals surface area contributed by atoms with E-state index in [-0.39, 0.29) is 44.5 Å². The Bertz CT molecular complexity index is 1710. The lowest BCUT2D eigenvalue weighted by molar-refractivity contribution is 0.0115. The van der Waals surface area contributed by atoms with Gasteiger partial charge in [0.1, 0.15) is 0 Å². The first kappa shape index (κ1) is 52.2. The van der Waals surface area contributed by atoms with Crippen molar-refractivity contribution < 1.29 is 46.1 Å². The lowest BCUT2D eigenvalue weighted by Gasteiger charge is -2.34. The number of hydrogen-bond donors (Lipinski definition) is 2. The van der Waals surface area contributed by atoms with E-state index < -0.39 is 48.8 Å². The number of alkyl halides is 4. The van der Waals surface area contributed by atoms with Gasteiger partial charge in [0.25, 0.3) is 23.7 Å². The van der Waals surface area contributed by atoms with Gasteiger partial charge in [-0.1, -0.05) is 27.7 Å². The van der Waals surface area contributed by atoms with Crippen molar-refractivity contribution in [1.29, 1.82) is 0 Å². The van der Waals surface area contributed by atoms with E-state index in [1.807, 2.05) is 27.7 Å². The average Bonchev–Trinajstić information content (AvgIpc) is 3.78. The maximum absolute atomic E-state index is 14.7. The van der Waals surface area contributed by atoms with Gasteiger partial charge in [0.05, 0.1) is 72.9 Å². The number of piperazine rings is 1. The quantitative estimate of drug-likeness (QED) is 0.0454. The van der Waals surface area contributed by atoms with E-state index in [9.17, 15) is 27.2 Å². The van der Waals surface area contributed by atoms with Crippen LogP contribution in [0.4, 0.5) is 28.9 Å². The molecular formula is C44H66F4N6O6S4. The summed E-state index contributed by atoms with van der Waals surface area (Å²) in [6.07, 6.45) is 0.722. The van der Waals surface area contributed by atoms with Gasteiger partial charge in [0, 0.05) is 75.6 Å². The second-order valence-electron chi connectivity index (χ2n) is 15.9. The Morgan fingerprint density at radius 3 is 1.28 bits per heavy atom. The number of rotatable bonds is 24. The Morgan fingerprint density at radius 2 is 0.969 bits per heavy atom. The highest BCUT2D eigenvalue weighted by Gasteiger charge is 2.51. The highest BCUT2D eigenvalue weighted by molar-refractivity contribution is 8.17. The fraction of sp³-hybridized carbons (Fsp3) is 0.682. The minimum Gasteiger partial charge on any atom is -0.493 e. The van der Waals surface area contributed by atoms with Crippen molar-refractivity contribution >= 4 is 70.2 Å². The Morgan fingerprint density at radius 1 is 0.625 bits per heavy atom. The van der Waals surface area contributed by atoms with Crippen molar-refractivity contribution in [2.45, 2.75) is 86.5 Å². The van der Waals surface area contributed by atoms with E-state index in [1.54, 1.807) is 59.2 Å². The number of ether oxygens (including phenoxy) is 4. The summed E-state index contributed by atoms with van der Waals surface area (Å²) < 4.78 is 81.9. The van der Waals surface area contributed by atoms with Crippen molar-refractivity contribution in [2.24, 2.45) is 0 Å². The topological polar surface area (TPSA) is 136 Å². The van der Waals surface area contributed by atoms with Gasteiger partial charge in [-0.15, -0.1) is 47.0 Å². The third-order valence-electron chi connectivity index (χ3n) is 11.4. The molecule has 360 valence electrons. The third kappa shape index (κ3) is 13.7. The molecule has 0 bridgehead atoms. The van der Waals surface area contributed by atoms with Crippen LogP contribution >= 0.6 is 47.0 Å². The largest absolute Gasteiger partial charge is 0.493 e. The molecule has 4 N–H and O–H groups in total. The van der Waals surface area contributed by atoms with Gasteiger partial charge in [-0.2, -0.15) is 0 Å². The minimum absolute atomic E-state index is 0.121. The monoisotopic (exact) mass is 978 g/mol. The number of anilines is 2. The first-order valence-corrected chi connectivity index (χ1v) is 26.3. The second-order valence-corrected chi connectivity index (χ2v) is 22.2. The summed E-state index contributed by atoms with van der Waals surface area (Å²) in [5.74, 6) is -2.59. The molecule has 2 aromatic carbocycles. The van der Waals surface area contributed by atoms with Crippen LogP contribution in [-0.4, -0.2) is 167 Å². The van der Waals surface area contributed by atoms with Crippen molar-refractivity contribution in [3.63, 3.8) is 0 Å². The molecule has 0 unspecified atom stereocenters. The van der Waals surface area contributed by atoms with E-state index in [2.05, 4.69) is 9.80 Å². The maximum Gasteiger partial charge on any atom is 0.267 e. The molecule has 2 atom stereocenters. The molecule has 20 heteroatoms. The summed E-state index contributed by atoms with van der Waals surface area (Å²) in [7, 11) is 2.94. The Hall–Kier alpha value is -2.78. The van der Waals surface area contributed by atoms with Gasteiger partial charge in [-0.3, -0.25) is 9.59 Å². The summed E-state index contributed by atoms with van der Waals surface area (Å²) in [4.78, 5) is 34.8. The highest BCUT2D eigenvalue weighted by Crippen LogP contribution is 2.44. The molecule has 0 aliphatic carbocycles. The van der Waals surface area contributed by atoms with E-state index in [0.29, 0.717) is 36.2 Å². The van der Waals surface area contributed by atoms with E-state index in [0.717, 1.165) is 75.1 Å². The first-order valence-electron chi connectivity index (χ1n) is 22.1. The third-order valence-corrected chi connectivity index (χ3v) is 17.0. The normalized spacial score (nSPS) is 20.1. The summed E-state index contributed by atoms with van der Waals surface area (Å²) in [5, 5.41) is 0.